The molecule has 0 unspecified atom stereocenters. The summed E-state index contributed by atoms with van der Waals surface area (Å²) < 4.78 is 7.82. The molecule has 154 valence electrons. The van der Waals surface area contributed by atoms with Crippen molar-refractivity contribution in [3.63, 3.8) is 0 Å². The first-order valence-corrected chi connectivity index (χ1v) is 10.8. The fraction of sp³-hybridized carbons (Fsp3) is 0.609. The first-order valence-electron chi connectivity index (χ1n) is 10.8. The minimum absolute atomic E-state index is 0.359. The molecule has 5 nitrogen and oxygen atoms in total. The number of hydrogen-bond donors (Lipinski definition) is 1. The average molecular weight is 385 g/mol. The summed E-state index contributed by atoms with van der Waals surface area (Å²) in [6.45, 7) is 14.0. The molecule has 0 aliphatic carbocycles. The third-order valence-electron chi connectivity index (χ3n) is 5.28. The van der Waals surface area contributed by atoms with Crippen molar-refractivity contribution in [2.45, 2.75) is 65.2 Å². The highest BCUT2D eigenvalue weighted by molar-refractivity contribution is 5.33. The van der Waals surface area contributed by atoms with Crippen molar-refractivity contribution in [2.75, 3.05) is 26.2 Å². The normalized spacial score (nSPS) is 20.8. The van der Waals surface area contributed by atoms with E-state index < -0.39 is 0 Å². The molecule has 0 saturated carbocycles. The zero-order valence-corrected chi connectivity index (χ0v) is 17.9. The predicted molar refractivity (Wildman–Crippen MR) is 115 cm³/mol. The fourth-order valence-electron chi connectivity index (χ4n) is 4.03. The summed E-state index contributed by atoms with van der Waals surface area (Å²) in [6.07, 6.45) is 5.32. The summed E-state index contributed by atoms with van der Waals surface area (Å²) in [6, 6.07) is 10.3. The second-order valence-electron chi connectivity index (χ2n) is 8.38. The van der Waals surface area contributed by atoms with Crippen LogP contribution < -0.4 is 5.32 Å². The summed E-state index contributed by atoms with van der Waals surface area (Å²) >= 11 is 0. The molecule has 1 fully saturated rings. The number of hydrogen-bond acceptors (Lipinski definition) is 4. The number of nitrogens with one attached hydrogen (secondary N) is 1. The molecule has 2 atom stereocenters. The van der Waals surface area contributed by atoms with Crippen LogP contribution in [0, 0.1) is 0 Å². The third kappa shape index (κ3) is 5.90. The van der Waals surface area contributed by atoms with Gasteiger partial charge in [0.1, 0.15) is 0 Å². The van der Waals surface area contributed by atoms with Gasteiger partial charge in [0.15, 0.2) is 0 Å². The minimum atomic E-state index is 0.359. The lowest BCUT2D eigenvalue weighted by atomic mass is 10.1. The van der Waals surface area contributed by atoms with Crippen LogP contribution >= 0.6 is 0 Å². The standard InChI is InChI=1S/C23H36N4O/c1-18(2)23-21(17-27(25-23)22-10-6-5-7-11-22)14-24-12-8-9-13-26-15-19(3)28-20(4)16-26/h5-7,10-11,17-20,24H,8-9,12-16H2,1-4H3/t19-,20-/m1/s1. The van der Waals surface area contributed by atoms with Crippen LogP contribution in [0.4, 0.5) is 0 Å². The molecule has 3 rings (SSSR count). The highest BCUT2D eigenvalue weighted by Crippen LogP contribution is 2.20. The predicted octanol–water partition coefficient (Wildman–Crippen LogP) is 3.97. The number of aromatic nitrogens is 2. The summed E-state index contributed by atoms with van der Waals surface area (Å²) in [4.78, 5) is 2.54. The Hall–Kier alpha value is -1.69. The van der Waals surface area contributed by atoms with E-state index in [-0.39, 0.29) is 0 Å². The molecule has 1 aromatic carbocycles. The van der Waals surface area contributed by atoms with Crippen molar-refractivity contribution in [3.05, 3.63) is 47.8 Å². The van der Waals surface area contributed by atoms with Gasteiger partial charge in [0.2, 0.25) is 0 Å². The summed E-state index contributed by atoms with van der Waals surface area (Å²) in [5.74, 6) is 0.423. The third-order valence-corrected chi connectivity index (χ3v) is 5.28. The zero-order chi connectivity index (χ0) is 19.9. The Bertz CT molecular complexity index is 703. The molecule has 0 amide bonds. The maximum atomic E-state index is 5.81. The average Bonchev–Trinajstić information content (AvgIpc) is 3.09. The molecule has 1 saturated heterocycles. The van der Waals surface area contributed by atoms with Crippen molar-refractivity contribution in [3.8, 4) is 5.69 Å². The van der Waals surface area contributed by atoms with Crippen molar-refractivity contribution in [2.24, 2.45) is 0 Å². The Balaban J connectivity index is 1.44. The van der Waals surface area contributed by atoms with Crippen LogP contribution in [0.1, 0.15) is 57.7 Å². The molecule has 0 radical (unpaired) electrons. The van der Waals surface area contributed by atoms with E-state index in [1.54, 1.807) is 0 Å². The Labute approximate surface area is 170 Å². The van der Waals surface area contributed by atoms with Crippen LogP contribution in [-0.2, 0) is 11.3 Å². The van der Waals surface area contributed by atoms with Crippen molar-refractivity contribution < 1.29 is 4.74 Å². The van der Waals surface area contributed by atoms with Gasteiger partial charge in [-0.15, -0.1) is 0 Å². The maximum Gasteiger partial charge on any atom is 0.0699 e. The summed E-state index contributed by atoms with van der Waals surface area (Å²) in [5, 5.41) is 8.45. The maximum absolute atomic E-state index is 5.81. The lowest BCUT2D eigenvalue weighted by Gasteiger charge is -2.35. The van der Waals surface area contributed by atoms with Crippen molar-refractivity contribution >= 4 is 0 Å². The molecule has 2 aromatic rings. The minimum Gasteiger partial charge on any atom is -0.373 e. The lowest BCUT2D eigenvalue weighted by molar-refractivity contribution is -0.0681. The SMILES string of the molecule is CC(C)c1nn(-c2ccccc2)cc1CNCCCCN1C[C@@H](C)O[C@H](C)C1. The number of rotatable bonds is 9. The highest BCUT2D eigenvalue weighted by atomic mass is 16.5. The molecular formula is C23H36N4O. The molecule has 1 aliphatic rings. The quantitative estimate of drug-likeness (QED) is 0.664. The zero-order valence-electron chi connectivity index (χ0n) is 17.9. The fourth-order valence-corrected chi connectivity index (χ4v) is 4.03. The van der Waals surface area contributed by atoms with Crippen molar-refractivity contribution in [1.29, 1.82) is 0 Å². The van der Waals surface area contributed by atoms with Gasteiger partial charge < -0.3 is 10.1 Å². The molecule has 0 bridgehead atoms. The second-order valence-corrected chi connectivity index (χ2v) is 8.38. The van der Waals surface area contributed by atoms with Gasteiger partial charge in [0, 0.05) is 31.4 Å². The number of morpholine rings is 1. The Kier molecular flexibility index (Phi) is 7.65. The van der Waals surface area contributed by atoms with E-state index in [4.69, 9.17) is 9.84 Å². The van der Waals surface area contributed by atoms with E-state index in [0.29, 0.717) is 18.1 Å². The molecular weight excluding hydrogens is 348 g/mol. The van der Waals surface area contributed by atoms with Gasteiger partial charge in [-0.1, -0.05) is 32.0 Å². The number of para-hydroxylation sites is 1. The van der Waals surface area contributed by atoms with Gasteiger partial charge in [-0.25, -0.2) is 4.68 Å². The van der Waals surface area contributed by atoms with Crippen LogP contribution in [-0.4, -0.2) is 53.1 Å². The molecule has 5 heteroatoms. The van der Waals surface area contributed by atoms with Crippen LogP contribution in [0.15, 0.2) is 36.5 Å². The molecule has 1 aromatic heterocycles. The van der Waals surface area contributed by atoms with Gasteiger partial charge in [-0.05, 0) is 57.8 Å². The molecule has 1 N–H and O–H groups in total. The van der Waals surface area contributed by atoms with E-state index in [2.05, 4.69) is 68.4 Å². The highest BCUT2D eigenvalue weighted by Gasteiger charge is 2.21. The van der Waals surface area contributed by atoms with E-state index in [0.717, 1.165) is 31.9 Å². The van der Waals surface area contributed by atoms with Crippen LogP contribution in [0.2, 0.25) is 0 Å². The van der Waals surface area contributed by atoms with Crippen LogP contribution in [0.25, 0.3) is 5.69 Å². The van der Waals surface area contributed by atoms with Crippen molar-refractivity contribution in [1.82, 2.24) is 20.0 Å². The van der Waals surface area contributed by atoms with E-state index >= 15 is 0 Å². The van der Waals surface area contributed by atoms with E-state index in [9.17, 15) is 0 Å². The van der Waals surface area contributed by atoms with Gasteiger partial charge in [0.25, 0.3) is 0 Å². The topological polar surface area (TPSA) is 42.3 Å². The second kappa shape index (κ2) is 10.2. The first kappa shape index (κ1) is 21.0. The Morgan fingerprint density at radius 3 is 2.50 bits per heavy atom. The van der Waals surface area contributed by atoms with E-state index in [1.165, 1.54) is 30.6 Å². The molecule has 2 heterocycles. The van der Waals surface area contributed by atoms with Gasteiger partial charge >= 0.3 is 0 Å². The molecule has 28 heavy (non-hydrogen) atoms. The van der Waals surface area contributed by atoms with Gasteiger partial charge in [0.05, 0.1) is 23.6 Å². The monoisotopic (exact) mass is 384 g/mol. The smallest absolute Gasteiger partial charge is 0.0699 e. The number of ether oxygens (including phenoxy) is 1. The Morgan fingerprint density at radius 2 is 1.82 bits per heavy atom. The largest absolute Gasteiger partial charge is 0.373 e. The number of unbranched alkanes of at least 4 members (excludes halogenated alkanes) is 1. The van der Waals surface area contributed by atoms with Crippen LogP contribution in [0.3, 0.4) is 0 Å². The van der Waals surface area contributed by atoms with E-state index in [1.807, 2.05) is 10.7 Å². The molecule has 1 aliphatic heterocycles. The lowest BCUT2D eigenvalue weighted by Crippen LogP contribution is -2.45. The van der Waals surface area contributed by atoms with Gasteiger partial charge in [-0.2, -0.15) is 5.10 Å². The summed E-state index contributed by atoms with van der Waals surface area (Å²) in [7, 11) is 0. The van der Waals surface area contributed by atoms with Gasteiger partial charge in [-0.3, -0.25) is 4.90 Å². The summed E-state index contributed by atoms with van der Waals surface area (Å²) in [5.41, 5.74) is 3.60. The number of benzene rings is 1. The first-order chi connectivity index (χ1) is 13.5. The molecule has 0 spiro atoms. The Morgan fingerprint density at radius 1 is 1.11 bits per heavy atom. The van der Waals surface area contributed by atoms with Crippen LogP contribution in [0.5, 0.6) is 0 Å². The number of nitrogens with zero attached hydrogens (tertiary/aromatic N) is 3.